The van der Waals surface area contributed by atoms with Gasteiger partial charge < -0.3 is 5.32 Å². The molecule has 0 spiro atoms. The van der Waals surface area contributed by atoms with Crippen LogP contribution in [-0.2, 0) is 0 Å². The van der Waals surface area contributed by atoms with Gasteiger partial charge in [0.1, 0.15) is 0 Å². The molecular formula is C17H15BrN2. The Balaban J connectivity index is 1.83. The van der Waals surface area contributed by atoms with Gasteiger partial charge in [-0.05, 0) is 48.9 Å². The summed E-state index contributed by atoms with van der Waals surface area (Å²) in [5.74, 6) is 0. The molecule has 1 unspecified atom stereocenters. The average molecular weight is 327 g/mol. The Labute approximate surface area is 127 Å². The topological polar surface area (TPSA) is 24.9 Å². The fraction of sp³-hybridized carbons (Fsp3) is 0.118. The number of hydrogen-bond donors (Lipinski definition) is 1. The van der Waals surface area contributed by atoms with Crippen LogP contribution in [0.5, 0.6) is 0 Å². The maximum atomic E-state index is 4.34. The third kappa shape index (κ3) is 2.83. The molecular weight excluding hydrogens is 312 g/mol. The predicted octanol–water partition coefficient (Wildman–Crippen LogP) is 5.17. The Bertz CT molecular complexity index is 722. The number of benzene rings is 2. The Morgan fingerprint density at radius 3 is 2.65 bits per heavy atom. The minimum absolute atomic E-state index is 0.261. The van der Waals surface area contributed by atoms with E-state index >= 15 is 0 Å². The van der Waals surface area contributed by atoms with Crippen LogP contribution in [0.15, 0.2) is 65.3 Å². The Hall–Kier alpha value is -1.87. The first kappa shape index (κ1) is 13.1. The fourth-order valence-corrected chi connectivity index (χ4v) is 2.51. The van der Waals surface area contributed by atoms with Crippen LogP contribution in [-0.4, -0.2) is 4.98 Å². The molecule has 1 N–H and O–H groups in total. The molecule has 0 amide bonds. The van der Waals surface area contributed by atoms with Crippen LogP contribution in [0.3, 0.4) is 0 Å². The van der Waals surface area contributed by atoms with Crippen LogP contribution in [0.1, 0.15) is 18.5 Å². The van der Waals surface area contributed by atoms with Gasteiger partial charge in [-0.25, -0.2) is 0 Å². The zero-order valence-electron chi connectivity index (χ0n) is 11.2. The fourth-order valence-electron chi connectivity index (χ4n) is 2.25. The molecule has 3 aromatic rings. The van der Waals surface area contributed by atoms with Crippen molar-refractivity contribution in [1.29, 1.82) is 0 Å². The molecule has 2 aromatic carbocycles. The first-order valence-electron chi connectivity index (χ1n) is 6.59. The lowest BCUT2D eigenvalue weighted by atomic mass is 10.1. The monoisotopic (exact) mass is 326 g/mol. The van der Waals surface area contributed by atoms with Gasteiger partial charge >= 0.3 is 0 Å². The average Bonchev–Trinajstić information content (AvgIpc) is 2.48. The second-order valence-corrected chi connectivity index (χ2v) is 5.74. The van der Waals surface area contributed by atoms with Crippen LogP contribution in [0, 0.1) is 0 Å². The third-order valence-electron chi connectivity index (χ3n) is 3.36. The zero-order chi connectivity index (χ0) is 13.9. The minimum Gasteiger partial charge on any atom is -0.379 e. The van der Waals surface area contributed by atoms with Crippen molar-refractivity contribution in [2.45, 2.75) is 13.0 Å². The summed E-state index contributed by atoms with van der Waals surface area (Å²) < 4.78 is 1.10. The van der Waals surface area contributed by atoms with Crippen molar-refractivity contribution < 1.29 is 0 Å². The third-order valence-corrected chi connectivity index (χ3v) is 3.88. The van der Waals surface area contributed by atoms with Crippen LogP contribution in [0.2, 0.25) is 0 Å². The van der Waals surface area contributed by atoms with Gasteiger partial charge in [0.25, 0.3) is 0 Å². The quantitative estimate of drug-likeness (QED) is 0.718. The number of aromatic nitrogens is 1. The van der Waals surface area contributed by atoms with Gasteiger partial charge in [0.2, 0.25) is 0 Å². The van der Waals surface area contributed by atoms with Crippen molar-refractivity contribution >= 4 is 32.5 Å². The van der Waals surface area contributed by atoms with Crippen molar-refractivity contribution in [2.75, 3.05) is 5.32 Å². The van der Waals surface area contributed by atoms with Crippen molar-refractivity contribution in [3.05, 3.63) is 70.8 Å². The van der Waals surface area contributed by atoms with Crippen LogP contribution in [0.25, 0.3) is 10.9 Å². The van der Waals surface area contributed by atoms with E-state index in [2.05, 4.69) is 75.6 Å². The second kappa shape index (κ2) is 5.63. The first-order valence-corrected chi connectivity index (χ1v) is 7.38. The molecule has 1 heterocycles. The summed E-state index contributed by atoms with van der Waals surface area (Å²) in [5, 5.41) is 4.68. The normalized spacial score (nSPS) is 12.3. The van der Waals surface area contributed by atoms with E-state index in [9.17, 15) is 0 Å². The molecule has 1 aromatic heterocycles. The standard InChI is InChI=1S/C17H15BrN2/c1-12(13-4-6-15(18)7-5-13)20-16-8-9-17-14(11-16)3-2-10-19-17/h2-12,20H,1H3. The lowest BCUT2D eigenvalue weighted by molar-refractivity contribution is 0.885. The van der Waals surface area contributed by atoms with E-state index in [4.69, 9.17) is 0 Å². The maximum absolute atomic E-state index is 4.34. The van der Waals surface area contributed by atoms with Crippen LogP contribution in [0.4, 0.5) is 5.69 Å². The number of hydrogen-bond acceptors (Lipinski definition) is 2. The highest BCUT2D eigenvalue weighted by Crippen LogP contribution is 2.23. The smallest absolute Gasteiger partial charge is 0.0703 e. The highest BCUT2D eigenvalue weighted by Gasteiger charge is 2.05. The molecule has 20 heavy (non-hydrogen) atoms. The number of halogens is 1. The summed E-state index contributed by atoms with van der Waals surface area (Å²) >= 11 is 3.46. The zero-order valence-corrected chi connectivity index (χ0v) is 12.8. The minimum atomic E-state index is 0.261. The van der Waals surface area contributed by atoms with Gasteiger partial charge in [-0.15, -0.1) is 0 Å². The number of rotatable bonds is 3. The summed E-state index contributed by atoms with van der Waals surface area (Å²) in [4.78, 5) is 4.34. The number of nitrogens with zero attached hydrogens (tertiary/aromatic N) is 1. The summed E-state index contributed by atoms with van der Waals surface area (Å²) in [7, 11) is 0. The number of fused-ring (bicyclic) bond motifs is 1. The predicted molar refractivity (Wildman–Crippen MR) is 87.9 cm³/mol. The van der Waals surface area contributed by atoms with E-state index in [0.717, 1.165) is 21.1 Å². The lowest BCUT2D eigenvalue weighted by Gasteiger charge is -2.16. The van der Waals surface area contributed by atoms with Gasteiger partial charge in [0, 0.05) is 27.8 Å². The molecule has 0 saturated heterocycles. The van der Waals surface area contributed by atoms with Crippen LogP contribution >= 0.6 is 15.9 Å². The van der Waals surface area contributed by atoms with Crippen molar-refractivity contribution in [3.63, 3.8) is 0 Å². The maximum Gasteiger partial charge on any atom is 0.0703 e. The van der Waals surface area contributed by atoms with Gasteiger partial charge in [-0.1, -0.05) is 34.1 Å². The molecule has 0 aliphatic rings. The summed E-state index contributed by atoms with van der Waals surface area (Å²) in [6, 6.07) is 19.0. The molecule has 0 aliphatic heterocycles. The van der Waals surface area contributed by atoms with E-state index in [1.165, 1.54) is 5.56 Å². The van der Waals surface area contributed by atoms with Gasteiger partial charge in [0.05, 0.1) is 5.52 Å². The molecule has 3 heteroatoms. The van der Waals surface area contributed by atoms with Crippen molar-refractivity contribution in [3.8, 4) is 0 Å². The number of nitrogens with one attached hydrogen (secondary N) is 1. The molecule has 0 radical (unpaired) electrons. The molecule has 0 saturated carbocycles. The molecule has 0 aliphatic carbocycles. The van der Waals surface area contributed by atoms with E-state index in [0.29, 0.717) is 0 Å². The van der Waals surface area contributed by atoms with E-state index < -0.39 is 0 Å². The largest absolute Gasteiger partial charge is 0.379 e. The molecule has 3 rings (SSSR count). The number of pyridine rings is 1. The van der Waals surface area contributed by atoms with Crippen molar-refractivity contribution in [1.82, 2.24) is 4.98 Å². The molecule has 0 bridgehead atoms. The molecule has 1 atom stereocenters. The molecule has 2 nitrogen and oxygen atoms in total. The highest BCUT2D eigenvalue weighted by molar-refractivity contribution is 9.10. The SMILES string of the molecule is CC(Nc1ccc2ncccc2c1)c1ccc(Br)cc1. The Kier molecular flexibility index (Phi) is 3.70. The van der Waals surface area contributed by atoms with Crippen molar-refractivity contribution in [2.24, 2.45) is 0 Å². The number of anilines is 1. The summed E-state index contributed by atoms with van der Waals surface area (Å²) in [6.07, 6.45) is 1.82. The Morgan fingerprint density at radius 2 is 1.85 bits per heavy atom. The van der Waals surface area contributed by atoms with Gasteiger partial charge in [-0.3, -0.25) is 4.98 Å². The van der Waals surface area contributed by atoms with Gasteiger partial charge in [-0.2, -0.15) is 0 Å². The highest BCUT2D eigenvalue weighted by atomic mass is 79.9. The first-order chi connectivity index (χ1) is 9.72. The van der Waals surface area contributed by atoms with Gasteiger partial charge in [0.15, 0.2) is 0 Å². The van der Waals surface area contributed by atoms with E-state index in [-0.39, 0.29) is 6.04 Å². The van der Waals surface area contributed by atoms with Crippen LogP contribution < -0.4 is 5.32 Å². The second-order valence-electron chi connectivity index (χ2n) is 4.83. The molecule has 0 fully saturated rings. The summed E-state index contributed by atoms with van der Waals surface area (Å²) in [6.45, 7) is 2.16. The molecule has 100 valence electrons. The summed E-state index contributed by atoms with van der Waals surface area (Å²) in [5.41, 5.74) is 3.40. The van der Waals surface area contributed by atoms with E-state index in [1.807, 2.05) is 18.3 Å². The Morgan fingerprint density at radius 1 is 1.05 bits per heavy atom. The lowest BCUT2D eigenvalue weighted by Crippen LogP contribution is -2.06. The van der Waals surface area contributed by atoms with E-state index in [1.54, 1.807) is 0 Å².